The van der Waals surface area contributed by atoms with E-state index in [9.17, 15) is 0 Å². The molecule has 0 saturated heterocycles. The number of nitrogen functional groups attached to an aromatic ring is 1. The van der Waals surface area contributed by atoms with Gasteiger partial charge >= 0.3 is 0 Å². The second-order valence-corrected chi connectivity index (χ2v) is 7.68. The molecule has 0 aromatic carbocycles. The van der Waals surface area contributed by atoms with Crippen molar-refractivity contribution in [2.24, 2.45) is 14.1 Å². The third-order valence-corrected chi connectivity index (χ3v) is 5.32. The predicted octanol–water partition coefficient (Wildman–Crippen LogP) is 3.38. The lowest BCUT2D eigenvalue weighted by Crippen LogP contribution is -1.94. The minimum absolute atomic E-state index is 0.519. The van der Waals surface area contributed by atoms with Crippen LogP contribution in [0.25, 0.3) is 22.1 Å². The molecule has 0 unspecified atom stereocenters. The molecule has 24 heavy (non-hydrogen) atoms. The second kappa shape index (κ2) is 6.96. The molecule has 4 aromatic rings. The number of nitrogens with two attached hydrogens (primary N) is 1. The van der Waals surface area contributed by atoms with Crippen molar-refractivity contribution < 1.29 is 0 Å². The highest BCUT2D eigenvalue weighted by atomic mass is 127. The fourth-order valence-corrected chi connectivity index (χ4v) is 4.54. The number of aryl methyl sites for hydroxylation is 2. The molecule has 0 spiro atoms. The highest BCUT2D eigenvalue weighted by molar-refractivity contribution is 14.1. The molecule has 7 nitrogen and oxygen atoms in total. The SMILES string of the molecule is Cn1cc(I)c2c(Cl)ncnc21.Cn1cc(I)c2c(N)ncnc21. The van der Waals surface area contributed by atoms with Crippen molar-refractivity contribution in [1.29, 1.82) is 0 Å². The summed E-state index contributed by atoms with van der Waals surface area (Å²) in [6.07, 6.45) is 6.91. The summed E-state index contributed by atoms with van der Waals surface area (Å²) in [4.78, 5) is 16.1. The first-order valence-electron chi connectivity index (χ1n) is 6.72. The highest BCUT2D eigenvalue weighted by Crippen LogP contribution is 2.25. The summed E-state index contributed by atoms with van der Waals surface area (Å²) in [7, 11) is 3.88. The van der Waals surface area contributed by atoms with E-state index >= 15 is 0 Å². The molecular weight excluding hydrogens is 555 g/mol. The van der Waals surface area contributed by atoms with E-state index in [0.29, 0.717) is 11.0 Å². The molecule has 0 amide bonds. The average Bonchev–Trinajstić information content (AvgIpc) is 2.99. The quantitative estimate of drug-likeness (QED) is 0.260. The molecule has 0 fully saturated rings. The molecule has 4 rings (SSSR count). The van der Waals surface area contributed by atoms with Gasteiger partial charge in [-0.2, -0.15) is 0 Å². The summed E-state index contributed by atoms with van der Waals surface area (Å²) in [6, 6.07) is 0. The number of rotatable bonds is 0. The van der Waals surface area contributed by atoms with Gasteiger partial charge in [0.25, 0.3) is 0 Å². The average molecular weight is 568 g/mol. The monoisotopic (exact) mass is 567 g/mol. The zero-order valence-corrected chi connectivity index (χ0v) is 17.8. The van der Waals surface area contributed by atoms with Gasteiger partial charge in [-0.1, -0.05) is 11.6 Å². The molecule has 0 saturated carbocycles. The standard InChI is InChI=1S/C7H5ClIN3.C7H7IN4/c1-12-2-4(9)5-6(8)10-3-11-7(5)12;1-12-2-4(8)5-6(9)10-3-11-7(5)12/h2-3H,1H3;2-3H,1H3,(H2,9,10,11). The van der Waals surface area contributed by atoms with E-state index in [1.807, 2.05) is 35.6 Å². The maximum absolute atomic E-state index is 5.91. The molecule has 0 bridgehead atoms. The van der Waals surface area contributed by atoms with Crippen molar-refractivity contribution in [3.63, 3.8) is 0 Å². The van der Waals surface area contributed by atoms with Gasteiger partial charge in [0.05, 0.1) is 10.8 Å². The molecule has 2 N–H and O–H groups in total. The minimum atomic E-state index is 0.519. The molecule has 0 aliphatic heterocycles. The third-order valence-electron chi connectivity index (χ3n) is 3.40. The Morgan fingerprint density at radius 2 is 1.38 bits per heavy atom. The molecule has 10 heteroatoms. The van der Waals surface area contributed by atoms with E-state index in [2.05, 4.69) is 65.1 Å². The van der Waals surface area contributed by atoms with Crippen molar-refractivity contribution in [3.05, 3.63) is 37.3 Å². The van der Waals surface area contributed by atoms with Crippen molar-refractivity contribution in [1.82, 2.24) is 29.1 Å². The number of anilines is 1. The van der Waals surface area contributed by atoms with E-state index in [4.69, 9.17) is 17.3 Å². The fraction of sp³-hybridized carbons (Fsp3) is 0.143. The van der Waals surface area contributed by atoms with Crippen LogP contribution >= 0.6 is 56.8 Å². The summed E-state index contributed by atoms with van der Waals surface area (Å²) in [6.45, 7) is 0. The Morgan fingerprint density at radius 1 is 0.875 bits per heavy atom. The topological polar surface area (TPSA) is 87.4 Å². The van der Waals surface area contributed by atoms with Crippen molar-refractivity contribution in [2.45, 2.75) is 0 Å². The Kier molecular flexibility index (Phi) is 5.11. The van der Waals surface area contributed by atoms with Gasteiger partial charge in [-0.05, 0) is 45.2 Å². The van der Waals surface area contributed by atoms with E-state index in [1.165, 1.54) is 12.7 Å². The first-order valence-corrected chi connectivity index (χ1v) is 9.25. The van der Waals surface area contributed by atoms with Crippen molar-refractivity contribution in [3.8, 4) is 0 Å². The summed E-state index contributed by atoms with van der Waals surface area (Å²) < 4.78 is 6.04. The maximum atomic E-state index is 5.91. The normalized spacial score (nSPS) is 10.9. The van der Waals surface area contributed by atoms with Crippen LogP contribution in [0.15, 0.2) is 25.0 Å². The Labute approximate surface area is 169 Å². The number of hydrogen-bond donors (Lipinski definition) is 1. The highest BCUT2D eigenvalue weighted by Gasteiger charge is 2.09. The Balaban J connectivity index is 0.000000141. The summed E-state index contributed by atoms with van der Waals surface area (Å²) in [5.41, 5.74) is 7.46. The number of fused-ring (bicyclic) bond motifs is 2. The van der Waals surface area contributed by atoms with E-state index < -0.39 is 0 Å². The van der Waals surface area contributed by atoms with E-state index in [-0.39, 0.29) is 0 Å². The van der Waals surface area contributed by atoms with Gasteiger partial charge in [0.1, 0.15) is 34.9 Å². The van der Waals surface area contributed by atoms with Crippen LogP contribution in [0.4, 0.5) is 5.82 Å². The van der Waals surface area contributed by atoms with Gasteiger partial charge < -0.3 is 14.9 Å². The second-order valence-electron chi connectivity index (χ2n) is 5.00. The van der Waals surface area contributed by atoms with Crippen LogP contribution in [-0.2, 0) is 14.1 Å². The Bertz CT molecular complexity index is 957. The van der Waals surface area contributed by atoms with Crippen LogP contribution in [-0.4, -0.2) is 29.1 Å². The Hall–Kier alpha value is -1.21. The molecular formula is C14H12ClI2N7. The van der Waals surface area contributed by atoms with Crippen LogP contribution in [0.5, 0.6) is 0 Å². The van der Waals surface area contributed by atoms with Gasteiger partial charge in [-0.15, -0.1) is 0 Å². The lowest BCUT2D eigenvalue weighted by Gasteiger charge is -1.95. The number of halogens is 3. The summed E-state index contributed by atoms with van der Waals surface area (Å²) in [5, 5.41) is 2.40. The van der Waals surface area contributed by atoms with Gasteiger partial charge in [-0.3, -0.25) is 0 Å². The zero-order valence-electron chi connectivity index (χ0n) is 12.7. The lowest BCUT2D eigenvalue weighted by atomic mass is 10.4. The zero-order chi connectivity index (χ0) is 17.4. The predicted molar refractivity (Wildman–Crippen MR) is 112 cm³/mol. The summed E-state index contributed by atoms with van der Waals surface area (Å²) >= 11 is 10.3. The van der Waals surface area contributed by atoms with E-state index in [1.54, 1.807) is 0 Å². The van der Waals surface area contributed by atoms with Crippen molar-refractivity contribution in [2.75, 3.05) is 5.73 Å². The van der Waals surface area contributed by atoms with Crippen LogP contribution in [0.2, 0.25) is 5.15 Å². The van der Waals surface area contributed by atoms with Crippen LogP contribution in [0, 0.1) is 7.14 Å². The first-order chi connectivity index (χ1) is 11.4. The number of hydrogen-bond acceptors (Lipinski definition) is 5. The fourth-order valence-electron chi connectivity index (χ4n) is 2.31. The van der Waals surface area contributed by atoms with Gasteiger partial charge in [0.2, 0.25) is 0 Å². The van der Waals surface area contributed by atoms with Gasteiger partial charge in [0.15, 0.2) is 0 Å². The van der Waals surface area contributed by atoms with Crippen LogP contribution in [0.3, 0.4) is 0 Å². The molecule has 0 atom stereocenters. The van der Waals surface area contributed by atoms with Gasteiger partial charge in [0, 0.05) is 33.6 Å². The molecule has 4 aromatic heterocycles. The maximum Gasteiger partial charge on any atom is 0.146 e. The first kappa shape index (κ1) is 17.6. The number of nitrogens with zero attached hydrogens (tertiary/aromatic N) is 6. The molecule has 4 heterocycles. The van der Waals surface area contributed by atoms with Gasteiger partial charge in [-0.25, -0.2) is 19.9 Å². The van der Waals surface area contributed by atoms with Crippen molar-refractivity contribution >= 4 is 84.7 Å². The molecule has 0 aliphatic rings. The molecule has 0 aliphatic carbocycles. The molecule has 124 valence electrons. The molecule has 0 radical (unpaired) electrons. The number of aromatic nitrogens is 6. The summed E-state index contributed by atoms with van der Waals surface area (Å²) in [5.74, 6) is 0.546. The lowest BCUT2D eigenvalue weighted by molar-refractivity contribution is 0.941. The smallest absolute Gasteiger partial charge is 0.146 e. The Morgan fingerprint density at radius 3 is 1.92 bits per heavy atom. The van der Waals surface area contributed by atoms with Crippen LogP contribution < -0.4 is 5.73 Å². The van der Waals surface area contributed by atoms with E-state index in [0.717, 1.165) is 29.2 Å². The minimum Gasteiger partial charge on any atom is -0.383 e. The largest absolute Gasteiger partial charge is 0.383 e. The van der Waals surface area contributed by atoms with Crippen LogP contribution in [0.1, 0.15) is 0 Å². The third kappa shape index (κ3) is 3.16.